The van der Waals surface area contributed by atoms with Crippen molar-refractivity contribution in [2.24, 2.45) is 0 Å². The number of halogens is 1. The summed E-state index contributed by atoms with van der Waals surface area (Å²) in [5.41, 5.74) is 2.66. The molecule has 0 bridgehead atoms. The number of carbonyl (C=O) groups excluding carboxylic acids is 1. The van der Waals surface area contributed by atoms with Crippen molar-refractivity contribution in [1.82, 2.24) is 15.6 Å². The molecule has 0 aliphatic heterocycles. The van der Waals surface area contributed by atoms with Gasteiger partial charge in [-0.3, -0.25) is 4.79 Å². The maximum atomic E-state index is 12.9. The van der Waals surface area contributed by atoms with Crippen molar-refractivity contribution in [3.63, 3.8) is 0 Å². The van der Waals surface area contributed by atoms with Gasteiger partial charge in [0, 0.05) is 17.0 Å². The number of aromatic nitrogens is 2. The van der Waals surface area contributed by atoms with Crippen LogP contribution in [0.3, 0.4) is 0 Å². The molecule has 0 aliphatic rings. The van der Waals surface area contributed by atoms with E-state index in [2.05, 4.69) is 15.6 Å². The van der Waals surface area contributed by atoms with E-state index in [1.165, 1.54) is 0 Å². The van der Waals surface area contributed by atoms with Gasteiger partial charge in [-0.25, -0.2) is 0 Å². The van der Waals surface area contributed by atoms with Crippen LogP contribution >= 0.6 is 11.6 Å². The lowest BCUT2D eigenvalue weighted by molar-refractivity contribution is 0.0949. The molecule has 0 saturated carbocycles. The van der Waals surface area contributed by atoms with Crippen LogP contribution in [0.2, 0.25) is 5.02 Å². The van der Waals surface area contributed by atoms with Crippen LogP contribution in [0.15, 0.2) is 74.1 Å². The fraction of sp³-hybridized carbons (Fsp3) is 0.0870. The predicted octanol–water partition coefficient (Wildman–Crippen LogP) is 5.63. The SMILES string of the molecule is Cc1onc(-c2ccccc2Cl)c1C(=O)NCc1cc(-c2cc3ccccc3o2)on1. The van der Waals surface area contributed by atoms with Crippen LogP contribution in [0.1, 0.15) is 21.8 Å². The van der Waals surface area contributed by atoms with E-state index in [4.69, 9.17) is 25.1 Å². The van der Waals surface area contributed by atoms with E-state index in [0.717, 1.165) is 11.0 Å². The molecule has 2 aromatic carbocycles. The van der Waals surface area contributed by atoms with Gasteiger partial charge in [-0.2, -0.15) is 0 Å². The minimum Gasteiger partial charge on any atom is -0.453 e. The number of fused-ring (bicyclic) bond motifs is 1. The van der Waals surface area contributed by atoms with Crippen LogP contribution in [0, 0.1) is 6.92 Å². The van der Waals surface area contributed by atoms with E-state index < -0.39 is 0 Å². The maximum absolute atomic E-state index is 12.9. The highest BCUT2D eigenvalue weighted by molar-refractivity contribution is 6.33. The van der Waals surface area contributed by atoms with Gasteiger partial charge in [-0.1, -0.05) is 58.3 Å². The first kappa shape index (κ1) is 19.1. The molecule has 0 saturated heterocycles. The van der Waals surface area contributed by atoms with E-state index in [9.17, 15) is 4.79 Å². The molecule has 0 unspecified atom stereocenters. The van der Waals surface area contributed by atoms with E-state index >= 15 is 0 Å². The quantitative estimate of drug-likeness (QED) is 0.385. The number of hydrogen-bond acceptors (Lipinski definition) is 6. The Balaban J connectivity index is 1.34. The largest absolute Gasteiger partial charge is 0.453 e. The first-order valence-corrected chi connectivity index (χ1v) is 9.92. The number of rotatable bonds is 5. The first-order valence-electron chi connectivity index (χ1n) is 9.54. The lowest BCUT2D eigenvalue weighted by Crippen LogP contribution is -2.23. The number of carbonyl (C=O) groups is 1. The molecule has 7 nitrogen and oxygen atoms in total. The number of amides is 1. The monoisotopic (exact) mass is 433 g/mol. The number of hydrogen-bond donors (Lipinski definition) is 1. The molecular weight excluding hydrogens is 418 g/mol. The normalized spacial score (nSPS) is 11.2. The van der Waals surface area contributed by atoms with Crippen LogP contribution in [0.25, 0.3) is 33.7 Å². The zero-order valence-electron chi connectivity index (χ0n) is 16.4. The van der Waals surface area contributed by atoms with Gasteiger partial charge in [0.05, 0.1) is 11.6 Å². The van der Waals surface area contributed by atoms with Crippen LogP contribution in [-0.4, -0.2) is 16.2 Å². The molecule has 5 aromatic rings. The summed E-state index contributed by atoms with van der Waals surface area (Å²) in [6, 6.07) is 18.4. The summed E-state index contributed by atoms with van der Waals surface area (Å²) in [6.45, 7) is 1.84. The van der Waals surface area contributed by atoms with Crippen LogP contribution in [0.4, 0.5) is 0 Å². The Hall–Kier alpha value is -3.84. The van der Waals surface area contributed by atoms with Gasteiger partial charge in [-0.15, -0.1) is 0 Å². The Morgan fingerprint density at radius 1 is 1.00 bits per heavy atom. The summed E-state index contributed by atoms with van der Waals surface area (Å²) in [5, 5.41) is 12.3. The fourth-order valence-corrected chi connectivity index (χ4v) is 3.58. The summed E-state index contributed by atoms with van der Waals surface area (Å²) in [5.74, 6) is 1.11. The van der Waals surface area contributed by atoms with Crippen LogP contribution < -0.4 is 5.32 Å². The smallest absolute Gasteiger partial charge is 0.257 e. The first-order chi connectivity index (χ1) is 15.1. The topological polar surface area (TPSA) is 94.3 Å². The summed E-state index contributed by atoms with van der Waals surface area (Å²) < 4.78 is 16.4. The second-order valence-corrected chi connectivity index (χ2v) is 7.36. The Labute approximate surface area is 181 Å². The van der Waals surface area contributed by atoms with Gasteiger partial charge in [0.25, 0.3) is 5.91 Å². The molecule has 3 heterocycles. The van der Waals surface area contributed by atoms with Gasteiger partial charge < -0.3 is 18.8 Å². The zero-order valence-corrected chi connectivity index (χ0v) is 17.1. The lowest BCUT2D eigenvalue weighted by atomic mass is 10.1. The molecule has 1 N–H and O–H groups in total. The van der Waals surface area contributed by atoms with E-state index in [-0.39, 0.29) is 12.5 Å². The molecule has 0 atom stereocenters. The van der Waals surface area contributed by atoms with Crippen molar-refractivity contribution in [2.75, 3.05) is 0 Å². The highest BCUT2D eigenvalue weighted by Crippen LogP contribution is 2.31. The highest BCUT2D eigenvalue weighted by atomic mass is 35.5. The second kappa shape index (κ2) is 7.77. The number of nitrogens with zero attached hydrogens (tertiary/aromatic N) is 2. The highest BCUT2D eigenvalue weighted by Gasteiger charge is 2.23. The summed E-state index contributed by atoms with van der Waals surface area (Å²) in [6.07, 6.45) is 0. The van der Waals surface area contributed by atoms with Gasteiger partial charge in [-0.05, 0) is 25.1 Å². The van der Waals surface area contributed by atoms with Crippen molar-refractivity contribution in [1.29, 1.82) is 0 Å². The Morgan fingerprint density at radius 2 is 1.81 bits per heavy atom. The van der Waals surface area contributed by atoms with Crippen molar-refractivity contribution < 1.29 is 18.3 Å². The summed E-state index contributed by atoms with van der Waals surface area (Å²) in [4.78, 5) is 12.9. The maximum Gasteiger partial charge on any atom is 0.257 e. The third-order valence-electron chi connectivity index (χ3n) is 4.88. The molecule has 5 rings (SSSR count). The van der Waals surface area contributed by atoms with Crippen molar-refractivity contribution >= 4 is 28.5 Å². The van der Waals surface area contributed by atoms with Gasteiger partial charge in [0.1, 0.15) is 28.3 Å². The van der Waals surface area contributed by atoms with Crippen molar-refractivity contribution in [2.45, 2.75) is 13.5 Å². The van der Waals surface area contributed by atoms with E-state index in [1.807, 2.05) is 42.5 Å². The number of para-hydroxylation sites is 1. The van der Waals surface area contributed by atoms with Crippen molar-refractivity contribution in [3.05, 3.63) is 82.7 Å². The molecule has 31 heavy (non-hydrogen) atoms. The van der Waals surface area contributed by atoms with Crippen LogP contribution in [0.5, 0.6) is 0 Å². The number of furan rings is 1. The van der Waals surface area contributed by atoms with Crippen molar-refractivity contribution in [3.8, 4) is 22.8 Å². The van der Waals surface area contributed by atoms with Crippen LogP contribution in [-0.2, 0) is 6.54 Å². The molecule has 1 amide bonds. The number of nitrogens with one attached hydrogen (secondary N) is 1. The summed E-state index contributed by atoms with van der Waals surface area (Å²) >= 11 is 6.26. The van der Waals surface area contributed by atoms with Gasteiger partial charge in [0.15, 0.2) is 5.76 Å². The lowest BCUT2D eigenvalue weighted by Gasteiger charge is -2.05. The standard InChI is InChI=1S/C23H16ClN3O4/c1-13-21(22(27-30-13)16-7-3-4-8-17(16)24)23(28)25-12-15-11-20(31-26-15)19-10-14-6-2-5-9-18(14)29-19/h2-11H,12H2,1H3,(H,25,28). The van der Waals surface area contributed by atoms with Gasteiger partial charge in [0.2, 0.25) is 5.76 Å². The molecular formula is C23H16ClN3O4. The molecule has 3 aromatic heterocycles. The Kier molecular flexibility index (Phi) is 4.80. The molecule has 0 spiro atoms. The average molecular weight is 434 g/mol. The predicted molar refractivity (Wildman–Crippen MR) is 115 cm³/mol. The molecule has 0 radical (unpaired) electrons. The third-order valence-corrected chi connectivity index (χ3v) is 5.21. The fourth-order valence-electron chi connectivity index (χ4n) is 3.35. The molecule has 8 heteroatoms. The second-order valence-electron chi connectivity index (χ2n) is 6.96. The Bertz CT molecular complexity index is 1370. The molecule has 0 fully saturated rings. The zero-order chi connectivity index (χ0) is 21.4. The van der Waals surface area contributed by atoms with E-state index in [0.29, 0.717) is 44.8 Å². The van der Waals surface area contributed by atoms with E-state index in [1.54, 1.807) is 25.1 Å². The summed E-state index contributed by atoms with van der Waals surface area (Å²) in [7, 11) is 0. The van der Waals surface area contributed by atoms with Gasteiger partial charge >= 0.3 is 0 Å². The number of aryl methyl sites for hydroxylation is 1. The average Bonchev–Trinajstić information content (AvgIpc) is 3.50. The molecule has 0 aliphatic carbocycles. The molecule has 154 valence electrons. The third kappa shape index (κ3) is 3.60. The minimum atomic E-state index is -0.345. The Morgan fingerprint density at radius 3 is 2.65 bits per heavy atom. The minimum absolute atomic E-state index is 0.162. The number of benzene rings is 2.